The van der Waals surface area contributed by atoms with Crippen LogP contribution >= 0.6 is 0 Å². The molecule has 0 heterocycles. The number of nitrogens with one attached hydrogen (secondary N) is 2. The van der Waals surface area contributed by atoms with Crippen molar-refractivity contribution in [3.63, 3.8) is 0 Å². The molecule has 0 radical (unpaired) electrons. The Hall–Kier alpha value is -1.64. The van der Waals surface area contributed by atoms with Crippen LogP contribution in [0.5, 0.6) is 0 Å². The van der Waals surface area contributed by atoms with Crippen LogP contribution in [0, 0.1) is 0 Å². The summed E-state index contributed by atoms with van der Waals surface area (Å²) in [5, 5.41) is 5.41. The molecule has 1 rings (SSSR count). The maximum absolute atomic E-state index is 11.7. The molecule has 0 saturated carbocycles. The quantitative estimate of drug-likeness (QED) is 0.702. The van der Waals surface area contributed by atoms with Gasteiger partial charge in [0.2, 0.25) is 10.0 Å². The summed E-state index contributed by atoms with van der Waals surface area (Å²) in [6, 6.07) is 7.05. The summed E-state index contributed by atoms with van der Waals surface area (Å²) in [6.45, 7) is 1.24. The monoisotopic (exact) mass is 329 g/mol. The Balaban J connectivity index is 2.33. The van der Waals surface area contributed by atoms with E-state index in [9.17, 15) is 13.2 Å². The smallest absolute Gasteiger partial charge is 0.319 e. The molecule has 0 aliphatic heterocycles. The molecule has 0 unspecified atom stereocenters. The first-order chi connectivity index (χ1) is 10.3. The third-order valence-corrected chi connectivity index (χ3v) is 4.31. The lowest BCUT2D eigenvalue weighted by Crippen LogP contribution is -2.33. The number of nitrogens with zero attached hydrogens (tertiary/aromatic N) is 1. The lowest BCUT2D eigenvalue weighted by atomic mass is 10.2. The molecule has 1 aromatic rings. The van der Waals surface area contributed by atoms with E-state index in [4.69, 9.17) is 4.74 Å². The Bertz CT molecular complexity index is 590. The van der Waals surface area contributed by atoms with Gasteiger partial charge in [0.05, 0.1) is 12.9 Å². The molecule has 1 aromatic carbocycles. The maximum Gasteiger partial charge on any atom is 0.319 e. The molecule has 2 amide bonds. The molecule has 8 heteroatoms. The van der Waals surface area contributed by atoms with Crippen LogP contribution in [-0.4, -0.2) is 52.3 Å². The number of hydrogen-bond acceptors (Lipinski definition) is 4. The SMILES string of the molecule is COCc1cccc(NC(=O)NCCCN(C)S(C)(=O)=O)c1. The molecule has 0 aromatic heterocycles. The number of urea groups is 1. The summed E-state index contributed by atoms with van der Waals surface area (Å²) >= 11 is 0. The molecular formula is C14H23N3O4S. The molecule has 0 atom stereocenters. The summed E-state index contributed by atoms with van der Waals surface area (Å²) in [5.74, 6) is 0. The third kappa shape index (κ3) is 6.88. The highest BCUT2D eigenvalue weighted by Gasteiger charge is 2.10. The first-order valence-corrected chi connectivity index (χ1v) is 8.72. The molecule has 124 valence electrons. The van der Waals surface area contributed by atoms with Crippen molar-refractivity contribution < 1.29 is 17.9 Å². The van der Waals surface area contributed by atoms with Crippen LogP contribution in [0.3, 0.4) is 0 Å². The highest BCUT2D eigenvalue weighted by molar-refractivity contribution is 7.88. The molecule has 0 aliphatic rings. The summed E-state index contributed by atoms with van der Waals surface area (Å²) in [4.78, 5) is 11.7. The van der Waals surface area contributed by atoms with Crippen LogP contribution < -0.4 is 10.6 Å². The number of hydrogen-bond donors (Lipinski definition) is 2. The molecule has 0 saturated heterocycles. The van der Waals surface area contributed by atoms with Crippen LogP contribution in [0.15, 0.2) is 24.3 Å². The third-order valence-electron chi connectivity index (χ3n) is 3.00. The minimum absolute atomic E-state index is 0.323. The fraction of sp³-hybridized carbons (Fsp3) is 0.500. The summed E-state index contributed by atoms with van der Waals surface area (Å²) in [5.41, 5.74) is 1.65. The van der Waals surface area contributed by atoms with Gasteiger partial charge < -0.3 is 15.4 Å². The Morgan fingerprint density at radius 3 is 2.73 bits per heavy atom. The predicted molar refractivity (Wildman–Crippen MR) is 86.3 cm³/mol. The van der Waals surface area contributed by atoms with E-state index in [1.807, 2.05) is 18.2 Å². The van der Waals surface area contributed by atoms with Crippen LogP contribution in [-0.2, 0) is 21.4 Å². The van der Waals surface area contributed by atoms with Crippen molar-refractivity contribution in [2.45, 2.75) is 13.0 Å². The zero-order valence-electron chi connectivity index (χ0n) is 13.1. The van der Waals surface area contributed by atoms with Gasteiger partial charge >= 0.3 is 6.03 Å². The highest BCUT2D eigenvalue weighted by Crippen LogP contribution is 2.11. The molecule has 2 N–H and O–H groups in total. The number of rotatable bonds is 8. The van der Waals surface area contributed by atoms with Gasteiger partial charge in [-0.2, -0.15) is 0 Å². The fourth-order valence-electron chi connectivity index (χ4n) is 1.75. The van der Waals surface area contributed by atoms with Gasteiger partial charge in [0.1, 0.15) is 0 Å². The molecule has 0 spiro atoms. The average Bonchev–Trinajstić information content (AvgIpc) is 2.43. The zero-order valence-corrected chi connectivity index (χ0v) is 13.9. The largest absolute Gasteiger partial charge is 0.380 e. The molecular weight excluding hydrogens is 306 g/mol. The van der Waals surface area contributed by atoms with Crippen molar-refractivity contribution >= 4 is 21.7 Å². The van der Waals surface area contributed by atoms with E-state index in [0.717, 1.165) is 11.8 Å². The second kappa shape index (κ2) is 8.72. The van der Waals surface area contributed by atoms with Crippen molar-refractivity contribution in [3.05, 3.63) is 29.8 Å². The van der Waals surface area contributed by atoms with Gasteiger partial charge in [0.15, 0.2) is 0 Å². The molecule has 0 bridgehead atoms. The lowest BCUT2D eigenvalue weighted by molar-refractivity contribution is 0.185. The number of ether oxygens (including phenoxy) is 1. The van der Waals surface area contributed by atoms with Crippen LogP contribution in [0.4, 0.5) is 10.5 Å². The second-order valence-corrected chi connectivity index (χ2v) is 7.04. The van der Waals surface area contributed by atoms with Crippen molar-refractivity contribution in [1.82, 2.24) is 9.62 Å². The van der Waals surface area contributed by atoms with Gasteiger partial charge in [0.25, 0.3) is 0 Å². The lowest BCUT2D eigenvalue weighted by Gasteiger charge is -2.14. The van der Waals surface area contributed by atoms with Crippen LogP contribution in [0.2, 0.25) is 0 Å². The highest BCUT2D eigenvalue weighted by atomic mass is 32.2. The van der Waals surface area contributed by atoms with Crippen molar-refractivity contribution in [2.24, 2.45) is 0 Å². The van der Waals surface area contributed by atoms with E-state index < -0.39 is 10.0 Å². The standard InChI is InChI=1S/C14H23N3O4S/c1-17(22(3,19)20)9-5-8-15-14(18)16-13-7-4-6-12(10-13)11-21-2/h4,6-7,10H,5,8-9,11H2,1-3H3,(H2,15,16,18). The van der Waals surface area contributed by atoms with E-state index in [2.05, 4.69) is 10.6 Å². The van der Waals surface area contributed by atoms with Crippen molar-refractivity contribution in [3.8, 4) is 0 Å². The number of amides is 2. The number of methoxy groups -OCH3 is 1. The zero-order chi connectivity index (χ0) is 16.6. The predicted octanol–water partition coefficient (Wildman–Crippen LogP) is 1.24. The van der Waals surface area contributed by atoms with E-state index >= 15 is 0 Å². The molecule has 0 aliphatic carbocycles. The van der Waals surface area contributed by atoms with E-state index in [0.29, 0.717) is 31.8 Å². The normalized spacial score (nSPS) is 11.5. The summed E-state index contributed by atoms with van der Waals surface area (Å²) < 4.78 is 28.7. The number of carbonyl (C=O) groups excluding carboxylic acids is 1. The maximum atomic E-state index is 11.7. The van der Waals surface area contributed by atoms with Crippen LogP contribution in [0.25, 0.3) is 0 Å². The van der Waals surface area contributed by atoms with Gasteiger partial charge in [-0.25, -0.2) is 17.5 Å². The van der Waals surface area contributed by atoms with Crippen molar-refractivity contribution in [1.29, 1.82) is 0 Å². The fourth-order valence-corrected chi connectivity index (χ4v) is 2.21. The first kappa shape index (κ1) is 18.4. The Morgan fingerprint density at radius 1 is 1.36 bits per heavy atom. The molecule has 22 heavy (non-hydrogen) atoms. The van der Waals surface area contributed by atoms with E-state index in [1.54, 1.807) is 13.2 Å². The Kier molecular flexibility index (Phi) is 7.30. The Labute approximate surface area is 131 Å². The molecule has 0 fully saturated rings. The van der Waals surface area contributed by atoms with Gasteiger partial charge in [-0.3, -0.25) is 0 Å². The van der Waals surface area contributed by atoms with E-state index in [1.165, 1.54) is 11.4 Å². The minimum Gasteiger partial charge on any atom is -0.380 e. The molecule has 7 nitrogen and oxygen atoms in total. The van der Waals surface area contributed by atoms with Gasteiger partial charge in [-0.15, -0.1) is 0 Å². The van der Waals surface area contributed by atoms with Gasteiger partial charge in [0, 0.05) is 32.9 Å². The Morgan fingerprint density at radius 2 is 2.09 bits per heavy atom. The average molecular weight is 329 g/mol. The van der Waals surface area contributed by atoms with E-state index in [-0.39, 0.29) is 6.03 Å². The van der Waals surface area contributed by atoms with Crippen molar-refractivity contribution in [2.75, 3.05) is 38.8 Å². The number of sulfonamides is 1. The summed E-state index contributed by atoms with van der Waals surface area (Å²) in [7, 11) is -0.0471. The topological polar surface area (TPSA) is 87.7 Å². The number of benzene rings is 1. The minimum atomic E-state index is -3.17. The number of anilines is 1. The first-order valence-electron chi connectivity index (χ1n) is 6.87. The summed E-state index contributed by atoms with van der Waals surface area (Å²) in [6.07, 6.45) is 1.70. The second-order valence-electron chi connectivity index (χ2n) is 4.95. The van der Waals surface area contributed by atoms with Gasteiger partial charge in [-0.1, -0.05) is 12.1 Å². The van der Waals surface area contributed by atoms with Crippen LogP contribution in [0.1, 0.15) is 12.0 Å². The van der Waals surface area contributed by atoms with Gasteiger partial charge in [-0.05, 0) is 24.1 Å². The number of carbonyl (C=O) groups is 1.